The number of rotatable bonds is 4. The molecule has 2 aromatic rings. The van der Waals surface area contributed by atoms with Gasteiger partial charge in [0.05, 0.1) is 21.5 Å². The number of aryl methyl sites for hydroxylation is 1. The minimum absolute atomic E-state index is 0.0264. The van der Waals surface area contributed by atoms with E-state index in [1.807, 2.05) is 42.8 Å². The molecular formula is C18H23BrN4O. The molecule has 5 nitrogen and oxygen atoms in total. The van der Waals surface area contributed by atoms with Gasteiger partial charge in [-0.15, -0.1) is 0 Å². The van der Waals surface area contributed by atoms with Crippen molar-refractivity contribution in [1.29, 1.82) is 0 Å². The van der Waals surface area contributed by atoms with Gasteiger partial charge in [0.2, 0.25) is 0 Å². The monoisotopic (exact) mass is 390 g/mol. The smallest absolute Gasteiger partial charge is 0.251 e. The van der Waals surface area contributed by atoms with E-state index >= 15 is 0 Å². The molecule has 0 saturated heterocycles. The van der Waals surface area contributed by atoms with E-state index in [1.54, 1.807) is 0 Å². The van der Waals surface area contributed by atoms with Crippen LogP contribution in [0.4, 0.5) is 0 Å². The summed E-state index contributed by atoms with van der Waals surface area (Å²) in [6.07, 6.45) is 3.26. The summed E-state index contributed by atoms with van der Waals surface area (Å²) in [4.78, 5) is 12.5. The summed E-state index contributed by atoms with van der Waals surface area (Å²) >= 11 is 3.54. The van der Waals surface area contributed by atoms with Gasteiger partial charge in [-0.3, -0.25) is 4.79 Å². The van der Waals surface area contributed by atoms with Gasteiger partial charge < -0.3 is 11.1 Å². The average molecular weight is 391 g/mol. The summed E-state index contributed by atoms with van der Waals surface area (Å²) in [7, 11) is 0. The molecule has 2 atom stereocenters. The van der Waals surface area contributed by atoms with Crippen molar-refractivity contribution < 1.29 is 4.79 Å². The highest BCUT2D eigenvalue weighted by molar-refractivity contribution is 9.10. The molecule has 1 aliphatic carbocycles. The third-order valence-corrected chi connectivity index (χ3v) is 6.00. The van der Waals surface area contributed by atoms with Crippen molar-refractivity contribution >= 4 is 21.8 Å². The first kappa shape index (κ1) is 17.2. The first-order valence-corrected chi connectivity index (χ1v) is 9.13. The highest BCUT2D eigenvalue weighted by atomic mass is 79.9. The third kappa shape index (κ3) is 3.26. The quantitative estimate of drug-likeness (QED) is 0.841. The van der Waals surface area contributed by atoms with Gasteiger partial charge in [-0.05, 0) is 79.3 Å². The second-order valence-electron chi connectivity index (χ2n) is 6.45. The van der Waals surface area contributed by atoms with Crippen molar-refractivity contribution in [2.45, 2.75) is 39.2 Å². The van der Waals surface area contributed by atoms with Crippen molar-refractivity contribution in [3.63, 3.8) is 0 Å². The highest BCUT2D eigenvalue weighted by Gasteiger charge is 2.27. The zero-order valence-electron chi connectivity index (χ0n) is 14.1. The number of aromatic nitrogens is 2. The van der Waals surface area contributed by atoms with Crippen LogP contribution < -0.4 is 11.1 Å². The van der Waals surface area contributed by atoms with Crippen LogP contribution >= 0.6 is 15.9 Å². The van der Waals surface area contributed by atoms with Crippen LogP contribution in [0.5, 0.6) is 0 Å². The molecule has 0 bridgehead atoms. The number of nitrogens with zero attached hydrogens (tertiary/aromatic N) is 2. The average Bonchev–Trinajstić information content (AvgIpc) is 3.14. The maximum Gasteiger partial charge on any atom is 0.251 e. The molecule has 1 amide bonds. The number of carbonyl (C=O) groups is 1. The largest absolute Gasteiger partial charge is 0.349 e. The van der Waals surface area contributed by atoms with Gasteiger partial charge in [-0.25, -0.2) is 4.68 Å². The minimum atomic E-state index is -0.0264. The van der Waals surface area contributed by atoms with Crippen LogP contribution in [0, 0.1) is 19.8 Å². The summed E-state index contributed by atoms with van der Waals surface area (Å²) in [6, 6.07) is 7.75. The maximum absolute atomic E-state index is 12.5. The number of hydrogen-bond acceptors (Lipinski definition) is 3. The Labute approximate surface area is 150 Å². The van der Waals surface area contributed by atoms with Crippen molar-refractivity contribution in [2.75, 3.05) is 6.54 Å². The van der Waals surface area contributed by atoms with Crippen molar-refractivity contribution in [1.82, 2.24) is 15.1 Å². The molecular weight excluding hydrogens is 368 g/mol. The molecule has 1 fully saturated rings. The van der Waals surface area contributed by atoms with E-state index in [2.05, 4.69) is 26.3 Å². The van der Waals surface area contributed by atoms with Gasteiger partial charge >= 0.3 is 0 Å². The fraction of sp³-hybridized carbons (Fsp3) is 0.444. The zero-order valence-corrected chi connectivity index (χ0v) is 15.6. The van der Waals surface area contributed by atoms with E-state index in [0.29, 0.717) is 18.0 Å². The number of amides is 1. The van der Waals surface area contributed by atoms with Crippen molar-refractivity contribution in [3.05, 3.63) is 45.7 Å². The summed E-state index contributed by atoms with van der Waals surface area (Å²) in [5, 5.41) is 7.65. The van der Waals surface area contributed by atoms with Gasteiger partial charge in [-0.1, -0.05) is 6.42 Å². The molecule has 1 aromatic heterocycles. The minimum Gasteiger partial charge on any atom is -0.349 e. The number of nitrogens with two attached hydrogens (primary N) is 1. The number of halogens is 1. The van der Waals surface area contributed by atoms with E-state index in [1.165, 1.54) is 0 Å². The lowest BCUT2D eigenvalue weighted by Gasteiger charge is -2.19. The molecule has 1 aromatic carbocycles. The van der Waals surface area contributed by atoms with E-state index in [0.717, 1.165) is 40.8 Å². The number of benzene rings is 1. The maximum atomic E-state index is 12.5. The van der Waals surface area contributed by atoms with Crippen LogP contribution in [0.3, 0.4) is 0 Å². The second-order valence-corrected chi connectivity index (χ2v) is 7.24. The lowest BCUT2D eigenvalue weighted by atomic mass is 10.0. The second kappa shape index (κ2) is 7.07. The number of hydrogen-bond donors (Lipinski definition) is 2. The van der Waals surface area contributed by atoms with Gasteiger partial charge in [0.25, 0.3) is 5.91 Å². The van der Waals surface area contributed by atoms with Crippen LogP contribution in [0.25, 0.3) is 5.69 Å². The molecule has 128 valence electrons. The fourth-order valence-electron chi connectivity index (χ4n) is 3.39. The van der Waals surface area contributed by atoms with E-state index < -0.39 is 0 Å². The molecule has 1 aliphatic rings. The Balaban J connectivity index is 1.74. The number of nitrogens with one attached hydrogen (secondary N) is 1. The van der Waals surface area contributed by atoms with Crippen LogP contribution in [0.1, 0.15) is 41.0 Å². The predicted molar refractivity (Wildman–Crippen MR) is 98.4 cm³/mol. The molecule has 1 saturated carbocycles. The molecule has 24 heavy (non-hydrogen) atoms. The van der Waals surface area contributed by atoms with Crippen LogP contribution in [0.15, 0.2) is 28.7 Å². The molecule has 1 heterocycles. The van der Waals surface area contributed by atoms with Gasteiger partial charge in [0.1, 0.15) is 0 Å². The number of carbonyl (C=O) groups excluding carboxylic acids is 1. The Morgan fingerprint density at radius 2 is 2.04 bits per heavy atom. The standard InChI is InChI=1S/C18H23BrN4O/c1-11-17(19)12(2)23(22-11)15-8-6-13(7-9-15)18(24)21-16-5-3-4-14(16)10-20/h6-9,14,16H,3-5,10,20H2,1-2H3,(H,21,24). The molecule has 0 radical (unpaired) electrons. The van der Waals surface area contributed by atoms with Crippen LogP contribution in [0.2, 0.25) is 0 Å². The van der Waals surface area contributed by atoms with E-state index in [9.17, 15) is 4.79 Å². The Kier molecular flexibility index (Phi) is 5.06. The van der Waals surface area contributed by atoms with E-state index in [4.69, 9.17) is 5.73 Å². The summed E-state index contributed by atoms with van der Waals surface area (Å²) in [5.74, 6) is 0.377. The molecule has 2 unspecified atom stereocenters. The first-order valence-electron chi connectivity index (χ1n) is 8.34. The SMILES string of the molecule is Cc1nn(-c2ccc(C(=O)NC3CCCC3CN)cc2)c(C)c1Br. The van der Waals surface area contributed by atoms with E-state index in [-0.39, 0.29) is 11.9 Å². The summed E-state index contributed by atoms with van der Waals surface area (Å²) < 4.78 is 2.89. The summed E-state index contributed by atoms with van der Waals surface area (Å²) in [5.41, 5.74) is 9.39. The molecule has 3 rings (SSSR count). The molecule has 6 heteroatoms. The Morgan fingerprint density at radius 3 is 2.62 bits per heavy atom. The topological polar surface area (TPSA) is 72.9 Å². The van der Waals surface area contributed by atoms with Gasteiger partial charge in [0, 0.05) is 11.6 Å². The predicted octanol–water partition coefficient (Wildman–Crippen LogP) is 3.11. The Hall–Kier alpha value is -1.66. The Bertz CT molecular complexity index is 738. The zero-order chi connectivity index (χ0) is 17.3. The first-order chi connectivity index (χ1) is 11.5. The molecule has 0 spiro atoms. The van der Waals surface area contributed by atoms with Gasteiger partial charge in [0.15, 0.2) is 0 Å². The Morgan fingerprint density at radius 1 is 1.33 bits per heavy atom. The molecule has 0 aliphatic heterocycles. The summed E-state index contributed by atoms with van der Waals surface area (Å²) in [6.45, 7) is 4.61. The van der Waals surface area contributed by atoms with Crippen LogP contribution in [-0.4, -0.2) is 28.3 Å². The molecule has 3 N–H and O–H groups in total. The van der Waals surface area contributed by atoms with Crippen molar-refractivity contribution in [2.24, 2.45) is 11.7 Å². The third-order valence-electron chi connectivity index (χ3n) is 4.86. The van der Waals surface area contributed by atoms with Gasteiger partial charge in [-0.2, -0.15) is 5.10 Å². The lowest BCUT2D eigenvalue weighted by molar-refractivity contribution is 0.0929. The van der Waals surface area contributed by atoms with Crippen LogP contribution in [-0.2, 0) is 0 Å². The fourth-order valence-corrected chi connectivity index (χ4v) is 3.64. The lowest BCUT2D eigenvalue weighted by Crippen LogP contribution is -2.39. The normalized spacial score (nSPS) is 20.3. The highest BCUT2D eigenvalue weighted by Crippen LogP contribution is 2.25. The van der Waals surface area contributed by atoms with Crippen molar-refractivity contribution in [3.8, 4) is 5.69 Å².